The van der Waals surface area contributed by atoms with E-state index in [-0.39, 0.29) is 0 Å². The van der Waals surface area contributed by atoms with Gasteiger partial charge in [-0.3, -0.25) is 0 Å². The topological polar surface area (TPSA) is 0 Å². The molecule has 0 heterocycles. The third-order valence-corrected chi connectivity index (χ3v) is 6.28. The molecule has 0 aliphatic heterocycles. The predicted molar refractivity (Wildman–Crippen MR) is 68.3 cm³/mol. The van der Waals surface area contributed by atoms with Gasteiger partial charge in [0.15, 0.2) is 0 Å². The fourth-order valence-corrected chi connectivity index (χ4v) is 5.19. The molecule has 0 aromatic rings. The summed E-state index contributed by atoms with van der Waals surface area (Å²) >= 11 is 0.817. The van der Waals surface area contributed by atoms with Crippen LogP contribution in [-0.4, -0.2) is 15.0 Å². The molecule has 2 fully saturated rings. The van der Waals surface area contributed by atoms with Crippen LogP contribution in [0.4, 0.5) is 0 Å². The van der Waals surface area contributed by atoms with Crippen molar-refractivity contribution in [3.05, 3.63) is 11.1 Å². The molecule has 0 aromatic heterocycles. The molecule has 0 amide bonds. The molecule has 0 spiro atoms. The summed E-state index contributed by atoms with van der Waals surface area (Å²) in [4.78, 5) is 3.66. The summed E-state index contributed by atoms with van der Waals surface area (Å²) in [5, 5.41) is 0. The molecular formula is C14H24Se. The van der Waals surface area contributed by atoms with Crippen LogP contribution in [0.5, 0.6) is 0 Å². The van der Waals surface area contributed by atoms with Crippen molar-refractivity contribution in [3.63, 3.8) is 0 Å². The van der Waals surface area contributed by atoms with Gasteiger partial charge in [-0.05, 0) is 0 Å². The van der Waals surface area contributed by atoms with E-state index in [1.807, 2.05) is 0 Å². The molecule has 0 N–H and O–H groups in total. The summed E-state index contributed by atoms with van der Waals surface area (Å²) in [5.74, 6) is 0.948. The molecule has 2 aliphatic carbocycles. The van der Waals surface area contributed by atoms with E-state index < -0.39 is 0 Å². The summed E-state index contributed by atoms with van der Waals surface area (Å²) in [6.07, 6.45) is 17.5. The zero-order chi connectivity index (χ0) is 10.3. The Balaban J connectivity index is 1.64. The first-order chi connectivity index (χ1) is 7.45. The van der Waals surface area contributed by atoms with Crippen LogP contribution in [0, 0.1) is 5.92 Å². The number of rotatable bonds is 3. The Morgan fingerprint density at radius 3 is 2.00 bits per heavy atom. The molecule has 0 radical (unpaired) electrons. The van der Waals surface area contributed by atoms with Gasteiger partial charge in [-0.15, -0.1) is 0 Å². The van der Waals surface area contributed by atoms with E-state index in [1.165, 1.54) is 64.2 Å². The minimum absolute atomic E-state index is 0.817. The van der Waals surface area contributed by atoms with Crippen molar-refractivity contribution in [1.82, 2.24) is 0 Å². The van der Waals surface area contributed by atoms with Crippen molar-refractivity contribution in [2.75, 3.05) is 0 Å². The Morgan fingerprint density at radius 1 is 0.733 bits per heavy atom. The summed E-state index contributed by atoms with van der Waals surface area (Å²) in [7, 11) is 0. The van der Waals surface area contributed by atoms with Crippen molar-refractivity contribution in [3.8, 4) is 0 Å². The van der Waals surface area contributed by atoms with E-state index in [4.69, 9.17) is 0 Å². The fraction of sp³-hybridized carbons (Fsp3) is 0.857. The van der Waals surface area contributed by atoms with Crippen molar-refractivity contribution in [2.24, 2.45) is 5.92 Å². The van der Waals surface area contributed by atoms with Gasteiger partial charge in [0.2, 0.25) is 0 Å². The molecule has 0 nitrogen and oxygen atoms in total. The van der Waals surface area contributed by atoms with Gasteiger partial charge in [-0.25, -0.2) is 0 Å². The standard InChI is InChI=1S/C14H24Se/c1-3-7-13(8-4-1)11-12-15-14-9-5-2-6-10-14/h11-14H,1-10H2/b12-11+. The Labute approximate surface area is 101 Å². The molecule has 2 rings (SSSR count). The van der Waals surface area contributed by atoms with Crippen LogP contribution in [0.25, 0.3) is 0 Å². The second-order valence-electron chi connectivity index (χ2n) is 5.12. The van der Waals surface area contributed by atoms with Gasteiger partial charge in [-0.2, -0.15) is 0 Å². The van der Waals surface area contributed by atoms with Crippen LogP contribution in [0.1, 0.15) is 64.2 Å². The number of hydrogen-bond acceptors (Lipinski definition) is 0. The maximum absolute atomic E-state index is 2.57. The SMILES string of the molecule is C(=C\C1CCCCC1)/[Se]C1CCCCC1. The van der Waals surface area contributed by atoms with Crippen LogP contribution in [0.3, 0.4) is 0 Å². The van der Waals surface area contributed by atoms with E-state index in [1.54, 1.807) is 0 Å². The van der Waals surface area contributed by atoms with Gasteiger partial charge in [0.1, 0.15) is 0 Å². The average Bonchev–Trinajstić information content (AvgIpc) is 2.32. The van der Waals surface area contributed by atoms with E-state index in [2.05, 4.69) is 11.1 Å². The van der Waals surface area contributed by atoms with Gasteiger partial charge in [-0.1, -0.05) is 0 Å². The summed E-state index contributed by atoms with van der Waals surface area (Å²) < 4.78 is 0. The van der Waals surface area contributed by atoms with Crippen molar-refractivity contribution in [1.29, 1.82) is 0 Å². The molecule has 0 saturated heterocycles. The molecule has 1 heteroatoms. The molecule has 0 bridgehead atoms. The van der Waals surface area contributed by atoms with Crippen molar-refractivity contribution >= 4 is 15.0 Å². The first kappa shape index (κ1) is 11.7. The van der Waals surface area contributed by atoms with Crippen LogP contribution >= 0.6 is 0 Å². The molecule has 0 unspecified atom stereocenters. The zero-order valence-electron chi connectivity index (χ0n) is 9.79. The zero-order valence-corrected chi connectivity index (χ0v) is 11.5. The Hall–Kier alpha value is 0.259. The summed E-state index contributed by atoms with van der Waals surface area (Å²) in [6.45, 7) is 0. The first-order valence-corrected chi connectivity index (χ1v) is 8.75. The van der Waals surface area contributed by atoms with Crippen LogP contribution in [0.15, 0.2) is 11.1 Å². The minimum atomic E-state index is 0.817. The Bertz CT molecular complexity index is 186. The van der Waals surface area contributed by atoms with Crippen molar-refractivity contribution in [2.45, 2.75) is 69.0 Å². The molecule has 2 aliphatic rings. The number of allylic oxidation sites excluding steroid dienone is 1. The monoisotopic (exact) mass is 272 g/mol. The predicted octanol–water partition coefficient (Wildman–Crippen LogP) is 4.54. The molecule has 0 atom stereocenters. The van der Waals surface area contributed by atoms with Crippen LogP contribution < -0.4 is 0 Å². The third kappa shape index (κ3) is 4.33. The summed E-state index contributed by atoms with van der Waals surface area (Å²) in [5.41, 5.74) is 0. The maximum atomic E-state index is 2.57. The average molecular weight is 271 g/mol. The second-order valence-corrected chi connectivity index (χ2v) is 7.66. The van der Waals surface area contributed by atoms with Gasteiger partial charge in [0.05, 0.1) is 0 Å². The van der Waals surface area contributed by atoms with E-state index in [0.29, 0.717) is 0 Å². The molecule has 2 saturated carbocycles. The molecular weight excluding hydrogens is 247 g/mol. The van der Waals surface area contributed by atoms with Crippen LogP contribution in [0.2, 0.25) is 4.82 Å². The molecule has 15 heavy (non-hydrogen) atoms. The Morgan fingerprint density at radius 2 is 1.33 bits per heavy atom. The normalized spacial score (nSPS) is 26.1. The van der Waals surface area contributed by atoms with E-state index >= 15 is 0 Å². The molecule has 86 valence electrons. The second kappa shape index (κ2) is 6.76. The quantitative estimate of drug-likeness (QED) is 0.661. The van der Waals surface area contributed by atoms with Gasteiger partial charge in [0, 0.05) is 0 Å². The van der Waals surface area contributed by atoms with Gasteiger partial charge < -0.3 is 0 Å². The van der Waals surface area contributed by atoms with E-state index in [0.717, 1.165) is 25.7 Å². The first-order valence-electron chi connectivity index (χ1n) is 6.77. The van der Waals surface area contributed by atoms with Crippen LogP contribution in [-0.2, 0) is 0 Å². The fourth-order valence-electron chi connectivity index (χ4n) is 2.80. The summed E-state index contributed by atoms with van der Waals surface area (Å²) in [6, 6.07) is 0. The van der Waals surface area contributed by atoms with Gasteiger partial charge in [0.25, 0.3) is 0 Å². The van der Waals surface area contributed by atoms with Crippen molar-refractivity contribution < 1.29 is 0 Å². The van der Waals surface area contributed by atoms with Gasteiger partial charge >= 0.3 is 101 Å². The van der Waals surface area contributed by atoms with E-state index in [9.17, 15) is 0 Å². The number of hydrogen-bond donors (Lipinski definition) is 0. The third-order valence-electron chi connectivity index (χ3n) is 3.82. The Kier molecular flexibility index (Phi) is 5.29. The molecule has 0 aromatic carbocycles.